The van der Waals surface area contributed by atoms with Crippen LogP contribution in [-0.4, -0.2) is 62.4 Å². The van der Waals surface area contributed by atoms with Gasteiger partial charge in [0.2, 0.25) is 10.0 Å². The van der Waals surface area contributed by atoms with Gasteiger partial charge in [0.15, 0.2) is 5.76 Å². The highest BCUT2D eigenvalue weighted by Crippen LogP contribution is 2.33. The number of sulfonamides is 1. The number of aryl methyl sites for hydroxylation is 2. The van der Waals surface area contributed by atoms with Crippen LogP contribution in [-0.2, 0) is 19.5 Å². The van der Waals surface area contributed by atoms with Gasteiger partial charge in [0, 0.05) is 31.5 Å². The quantitative estimate of drug-likeness (QED) is 0.598. The number of morpholine rings is 1. The molecule has 1 atom stereocenters. The van der Waals surface area contributed by atoms with Crippen LogP contribution in [0.5, 0.6) is 0 Å². The molecule has 1 saturated heterocycles. The predicted molar refractivity (Wildman–Crippen MR) is 119 cm³/mol. The molecule has 0 radical (unpaired) electrons. The van der Waals surface area contributed by atoms with Crippen LogP contribution in [0.25, 0.3) is 22.5 Å². The minimum absolute atomic E-state index is 0.204. The Kier molecular flexibility index (Phi) is 6.29. The third-order valence-electron chi connectivity index (χ3n) is 5.47. The Hall–Kier alpha value is -2.79. The molecule has 32 heavy (non-hydrogen) atoms. The molecule has 0 aliphatic carbocycles. The van der Waals surface area contributed by atoms with E-state index in [1.165, 1.54) is 4.31 Å². The molecule has 1 aliphatic rings. The first-order valence-corrected chi connectivity index (χ1v) is 11.6. The highest BCUT2D eigenvalue weighted by atomic mass is 32.2. The van der Waals surface area contributed by atoms with E-state index >= 15 is 0 Å². The number of nitrogens with two attached hydrogens (primary N) is 1. The number of rotatable bonds is 6. The predicted octanol–water partition coefficient (Wildman–Crippen LogP) is 2.64. The summed E-state index contributed by atoms with van der Waals surface area (Å²) >= 11 is 0. The molecule has 0 spiro atoms. The zero-order valence-corrected chi connectivity index (χ0v) is 19.1. The first-order valence-electron chi connectivity index (χ1n) is 10.2. The molecule has 1 fully saturated rings. The SMILES string of the molecule is COCC1COCCN1S(=O)(=O)c1ccc(C)c(-c2cnc(N)c(-c3cc(C)no3)c2)c1. The molecule has 0 amide bonds. The number of hydrogen-bond donors (Lipinski definition) is 1. The van der Waals surface area contributed by atoms with Gasteiger partial charge in [-0.2, -0.15) is 4.31 Å². The summed E-state index contributed by atoms with van der Waals surface area (Å²) in [6.45, 7) is 4.93. The molecule has 4 rings (SSSR count). The standard InChI is InChI=1S/C22H26N4O5S/c1-14-4-5-18(32(27,28)26-6-7-30-13-17(26)12-29-3)10-19(14)16-9-20(22(23)24-11-16)21-8-15(2)25-31-21/h4-5,8-11,17H,6-7,12-13H2,1-3H3,(H2,23,24). The number of anilines is 1. The number of aromatic nitrogens is 2. The number of methoxy groups -OCH3 is 1. The number of benzene rings is 1. The van der Waals surface area contributed by atoms with Crippen LogP contribution in [0, 0.1) is 13.8 Å². The molecule has 170 valence electrons. The second-order valence-corrected chi connectivity index (χ2v) is 9.66. The second-order valence-electron chi connectivity index (χ2n) is 7.77. The van der Waals surface area contributed by atoms with Crippen LogP contribution in [0.1, 0.15) is 11.3 Å². The van der Waals surface area contributed by atoms with Crippen molar-refractivity contribution in [3.05, 3.63) is 47.8 Å². The zero-order chi connectivity index (χ0) is 22.9. The van der Waals surface area contributed by atoms with Gasteiger partial charge in [0.05, 0.1) is 42.0 Å². The van der Waals surface area contributed by atoms with Gasteiger partial charge in [-0.1, -0.05) is 11.2 Å². The van der Waals surface area contributed by atoms with E-state index in [1.807, 2.05) is 19.9 Å². The van der Waals surface area contributed by atoms with Crippen LogP contribution in [0.15, 0.2) is 45.9 Å². The summed E-state index contributed by atoms with van der Waals surface area (Å²) in [4.78, 5) is 4.50. The van der Waals surface area contributed by atoms with E-state index in [4.69, 9.17) is 19.7 Å². The van der Waals surface area contributed by atoms with Gasteiger partial charge in [-0.15, -0.1) is 0 Å². The lowest BCUT2D eigenvalue weighted by atomic mass is 10.00. The lowest BCUT2D eigenvalue weighted by Gasteiger charge is -2.34. The number of nitrogen functional groups attached to an aromatic ring is 1. The maximum Gasteiger partial charge on any atom is 0.243 e. The number of pyridine rings is 1. The van der Waals surface area contributed by atoms with Crippen molar-refractivity contribution in [3.63, 3.8) is 0 Å². The largest absolute Gasteiger partial charge is 0.383 e. The van der Waals surface area contributed by atoms with Crippen LogP contribution < -0.4 is 5.73 Å². The maximum atomic E-state index is 13.5. The van der Waals surface area contributed by atoms with Gasteiger partial charge in [-0.3, -0.25) is 0 Å². The lowest BCUT2D eigenvalue weighted by molar-refractivity contribution is 0.00138. The van der Waals surface area contributed by atoms with Crippen LogP contribution in [0.3, 0.4) is 0 Å². The molecule has 10 heteroatoms. The van der Waals surface area contributed by atoms with Gasteiger partial charge in [0.1, 0.15) is 5.82 Å². The molecular weight excluding hydrogens is 432 g/mol. The highest BCUT2D eigenvalue weighted by molar-refractivity contribution is 7.89. The third kappa shape index (κ3) is 4.26. The monoisotopic (exact) mass is 458 g/mol. The van der Waals surface area contributed by atoms with Crippen molar-refractivity contribution < 1.29 is 22.4 Å². The zero-order valence-electron chi connectivity index (χ0n) is 18.2. The van der Waals surface area contributed by atoms with Crippen molar-refractivity contribution in [2.24, 2.45) is 0 Å². The van der Waals surface area contributed by atoms with Crippen molar-refractivity contribution in [1.82, 2.24) is 14.4 Å². The molecule has 0 bridgehead atoms. The van der Waals surface area contributed by atoms with Crippen LogP contribution >= 0.6 is 0 Å². The maximum absolute atomic E-state index is 13.5. The van der Waals surface area contributed by atoms with E-state index in [0.29, 0.717) is 30.4 Å². The fourth-order valence-electron chi connectivity index (χ4n) is 3.80. The molecule has 9 nitrogen and oxygen atoms in total. The Balaban J connectivity index is 1.75. The van der Waals surface area contributed by atoms with Gasteiger partial charge in [0.25, 0.3) is 0 Å². The van der Waals surface area contributed by atoms with E-state index in [2.05, 4.69) is 10.1 Å². The first kappa shape index (κ1) is 22.4. The van der Waals surface area contributed by atoms with E-state index in [9.17, 15) is 8.42 Å². The highest BCUT2D eigenvalue weighted by Gasteiger charge is 2.34. The number of ether oxygens (including phenoxy) is 2. The molecule has 1 aliphatic heterocycles. The van der Waals surface area contributed by atoms with Crippen LogP contribution in [0.4, 0.5) is 5.82 Å². The summed E-state index contributed by atoms with van der Waals surface area (Å²) < 4.78 is 44.4. The molecule has 1 unspecified atom stereocenters. The number of hydrogen-bond acceptors (Lipinski definition) is 8. The fraction of sp³-hybridized carbons (Fsp3) is 0.364. The first-order chi connectivity index (χ1) is 15.3. The van der Waals surface area contributed by atoms with Crippen molar-refractivity contribution in [2.75, 3.05) is 39.2 Å². The Morgan fingerprint density at radius 3 is 2.75 bits per heavy atom. The Morgan fingerprint density at radius 2 is 2.03 bits per heavy atom. The Bertz CT molecular complexity index is 1220. The van der Waals surface area contributed by atoms with Crippen molar-refractivity contribution >= 4 is 15.8 Å². The van der Waals surface area contributed by atoms with E-state index in [1.54, 1.807) is 37.6 Å². The minimum atomic E-state index is -3.75. The summed E-state index contributed by atoms with van der Waals surface area (Å²) in [6.07, 6.45) is 1.63. The Morgan fingerprint density at radius 1 is 1.22 bits per heavy atom. The normalized spacial score (nSPS) is 17.5. The van der Waals surface area contributed by atoms with Crippen LogP contribution in [0.2, 0.25) is 0 Å². The van der Waals surface area contributed by atoms with E-state index < -0.39 is 10.0 Å². The summed E-state index contributed by atoms with van der Waals surface area (Å²) in [7, 11) is -2.20. The molecule has 3 aromatic rings. The summed E-state index contributed by atoms with van der Waals surface area (Å²) in [6, 6.07) is 8.33. The molecule has 2 N–H and O–H groups in total. The lowest BCUT2D eigenvalue weighted by Crippen LogP contribution is -2.50. The van der Waals surface area contributed by atoms with Crippen molar-refractivity contribution in [1.29, 1.82) is 0 Å². The smallest absolute Gasteiger partial charge is 0.243 e. The van der Waals surface area contributed by atoms with Crippen molar-refractivity contribution in [2.45, 2.75) is 24.8 Å². The average molecular weight is 459 g/mol. The van der Waals surface area contributed by atoms with E-state index in [-0.39, 0.29) is 24.1 Å². The van der Waals surface area contributed by atoms with E-state index in [0.717, 1.165) is 22.4 Å². The molecular formula is C22H26N4O5S. The third-order valence-corrected chi connectivity index (χ3v) is 7.42. The second kappa shape index (κ2) is 8.99. The van der Waals surface area contributed by atoms with Gasteiger partial charge in [-0.05, 0) is 43.2 Å². The van der Waals surface area contributed by atoms with Gasteiger partial charge in [-0.25, -0.2) is 13.4 Å². The topological polar surface area (TPSA) is 121 Å². The average Bonchev–Trinajstić information content (AvgIpc) is 3.21. The molecule has 0 saturated carbocycles. The molecule has 1 aromatic carbocycles. The summed E-state index contributed by atoms with van der Waals surface area (Å²) in [5, 5.41) is 3.91. The summed E-state index contributed by atoms with van der Waals surface area (Å²) in [5.41, 5.74) is 9.77. The molecule has 2 aromatic heterocycles. The van der Waals surface area contributed by atoms with Crippen molar-refractivity contribution in [3.8, 4) is 22.5 Å². The summed E-state index contributed by atoms with van der Waals surface area (Å²) in [5.74, 6) is 0.813. The van der Waals surface area contributed by atoms with Gasteiger partial charge >= 0.3 is 0 Å². The van der Waals surface area contributed by atoms with Gasteiger partial charge < -0.3 is 19.7 Å². The molecule has 3 heterocycles. The fourth-order valence-corrected chi connectivity index (χ4v) is 5.40. The number of nitrogens with zero attached hydrogens (tertiary/aromatic N) is 3. The minimum Gasteiger partial charge on any atom is -0.383 e. The Labute approximate surface area is 187 Å².